The maximum Gasteiger partial charge on any atom is 0.313 e. The van der Waals surface area contributed by atoms with E-state index < -0.39 is 11.4 Å². The molecule has 1 aromatic rings. The number of rotatable bonds is 10. The molecule has 3 N–H and O–H groups in total. The third-order valence-corrected chi connectivity index (χ3v) is 17.6. The number of carboxylic acid groups (broad SMARTS) is 1. The number of nitrogens with one attached hydrogen (secondary N) is 1. The van der Waals surface area contributed by atoms with Crippen molar-refractivity contribution in [1.82, 2.24) is 10.3 Å². The standard InChI is InChI=1S/C47H67N3O4/c1-9-33(51)28-50-47-23-16-34(30(2)3)39(47)36-12-13-38-43(6)19-17-35(42(4,5)37(43)18-20-45(38,8)44(36,7)24-25-47)31-14-21-46(22-15-31,41(52)53)29-54-40-32(27-48)11-10-26-49-40/h10-11,14,17,26,33-34,36-39,50-51H,2,9,12-13,15-16,18-25,28-29H2,1,3-8H3,(H,52,53)/t33-,34-,36+,37-,38+,39+,43-,44+,45+,46-,47-/m0/s1. The van der Waals surface area contributed by atoms with Crippen LogP contribution in [0, 0.1) is 68.0 Å². The molecule has 0 amide bonds. The Morgan fingerprint density at radius 1 is 1.04 bits per heavy atom. The van der Waals surface area contributed by atoms with E-state index in [-0.39, 0.29) is 45.8 Å². The summed E-state index contributed by atoms with van der Waals surface area (Å²) in [5, 5.41) is 34.6. The van der Waals surface area contributed by atoms with E-state index in [4.69, 9.17) is 4.74 Å². The summed E-state index contributed by atoms with van der Waals surface area (Å²) in [7, 11) is 0. The highest BCUT2D eigenvalue weighted by Gasteiger charge is 2.70. The molecule has 4 saturated carbocycles. The number of aliphatic hydroxyl groups is 1. The van der Waals surface area contributed by atoms with Gasteiger partial charge in [0, 0.05) is 18.3 Å². The molecule has 0 bridgehead atoms. The second kappa shape index (κ2) is 13.9. The summed E-state index contributed by atoms with van der Waals surface area (Å²) in [6, 6.07) is 5.44. The number of pyridine rings is 1. The third-order valence-electron chi connectivity index (χ3n) is 17.6. The normalized spacial score (nSPS) is 41.4. The number of fused-ring (bicyclic) bond motifs is 7. The Morgan fingerprint density at radius 3 is 2.48 bits per heavy atom. The number of hydrogen-bond donors (Lipinski definition) is 3. The highest BCUT2D eigenvalue weighted by molar-refractivity contribution is 5.75. The summed E-state index contributed by atoms with van der Waals surface area (Å²) in [6.45, 7) is 22.6. The Morgan fingerprint density at radius 2 is 1.81 bits per heavy atom. The van der Waals surface area contributed by atoms with Gasteiger partial charge in [-0.1, -0.05) is 65.8 Å². The van der Waals surface area contributed by atoms with Crippen LogP contribution < -0.4 is 10.1 Å². The van der Waals surface area contributed by atoms with Crippen LogP contribution in [-0.2, 0) is 4.79 Å². The van der Waals surface area contributed by atoms with Gasteiger partial charge in [-0.25, -0.2) is 4.98 Å². The van der Waals surface area contributed by atoms with Crippen LogP contribution in [0.25, 0.3) is 0 Å². The van der Waals surface area contributed by atoms with Gasteiger partial charge < -0.3 is 20.3 Å². The van der Waals surface area contributed by atoms with E-state index in [0.29, 0.717) is 61.0 Å². The first-order valence-corrected chi connectivity index (χ1v) is 21.2. The summed E-state index contributed by atoms with van der Waals surface area (Å²) < 4.78 is 5.94. The summed E-state index contributed by atoms with van der Waals surface area (Å²) in [5.74, 6) is 2.34. The molecule has 7 heteroatoms. The SMILES string of the molecule is C=C(C)[C@@H]1CC[C@]2(NC[C@@H](O)CC)CC[C@]3(C)[C@H](CC[C@@H]4[C@@]5(C)CC=C(C6=CC[C@](COc7ncccc7C#N)(C(=O)O)CC6)C(C)(C)[C@@H]5CC[C@]43C)[C@@H]12. The molecule has 7 nitrogen and oxygen atoms in total. The molecule has 0 aromatic carbocycles. The number of β-amino-alcohol motifs (C(OH)–C–C–N with tert-alkyl or cyclic N) is 1. The monoisotopic (exact) mass is 738 g/mol. The van der Waals surface area contributed by atoms with Gasteiger partial charge in [-0.3, -0.25) is 4.79 Å². The fraction of sp³-hybridized carbons (Fsp3) is 0.723. The number of carboxylic acids is 1. The van der Waals surface area contributed by atoms with Gasteiger partial charge in [-0.05, 0) is 165 Å². The fourth-order valence-electron chi connectivity index (χ4n) is 14.4. The number of carbonyl (C=O) groups is 1. The lowest BCUT2D eigenvalue weighted by molar-refractivity contribution is -0.221. The Balaban J connectivity index is 1.14. The zero-order valence-electron chi connectivity index (χ0n) is 34.3. The van der Waals surface area contributed by atoms with E-state index in [1.165, 1.54) is 68.1 Å². The molecule has 6 aliphatic rings. The van der Waals surface area contributed by atoms with Crippen molar-refractivity contribution in [3.05, 3.63) is 59.3 Å². The molecule has 11 atom stereocenters. The molecular weight excluding hydrogens is 671 g/mol. The van der Waals surface area contributed by atoms with Gasteiger partial charge in [0.15, 0.2) is 0 Å². The first kappa shape index (κ1) is 39.3. The lowest BCUT2D eigenvalue weighted by Crippen LogP contribution is -2.68. The Kier molecular flexibility index (Phi) is 10.1. The molecule has 0 radical (unpaired) electrons. The maximum absolute atomic E-state index is 12.8. The van der Waals surface area contributed by atoms with Crippen molar-refractivity contribution in [2.24, 2.45) is 56.7 Å². The molecular formula is C47H67N3O4. The van der Waals surface area contributed by atoms with Crippen LogP contribution >= 0.6 is 0 Å². The van der Waals surface area contributed by atoms with Crippen molar-refractivity contribution in [2.75, 3.05) is 13.2 Å². The molecule has 1 heterocycles. The van der Waals surface area contributed by atoms with E-state index in [1.807, 2.05) is 0 Å². The molecule has 294 valence electrons. The molecule has 7 rings (SSSR count). The summed E-state index contributed by atoms with van der Waals surface area (Å²) in [4.78, 5) is 17.0. The summed E-state index contributed by atoms with van der Waals surface area (Å²) >= 11 is 0. The number of nitrogens with zero attached hydrogens (tertiary/aromatic N) is 2. The number of hydrogen-bond acceptors (Lipinski definition) is 6. The van der Waals surface area contributed by atoms with Crippen LogP contribution in [0.3, 0.4) is 0 Å². The van der Waals surface area contributed by atoms with Crippen molar-refractivity contribution < 1.29 is 19.7 Å². The highest BCUT2D eigenvalue weighted by atomic mass is 16.5. The second-order valence-electron chi connectivity index (χ2n) is 20.1. The van der Waals surface area contributed by atoms with Gasteiger partial charge in [0.05, 0.1) is 6.10 Å². The van der Waals surface area contributed by atoms with Crippen LogP contribution in [0.4, 0.5) is 0 Å². The van der Waals surface area contributed by atoms with Gasteiger partial charge in [-0.2, -0.15) is 5.26 Å². The van der Waals surface area contributed by atoms with Gasteiger partial charge >= 0.3 is 5.97 Å². The first-order valence-electron chi connectivity index (χ1n) is 21.2. The number of aromatic nitrogens is 1. The van der Waals surface area contributed by atoms with Crippen molar-refractivity contribution >= 4 is 5.97 Å². The van der Waals surface area contributed by atoms with E-state index in [1.54, 1.807) is 18.3 Å². The summed E-state index contributed by atoms with van der Waals surface area (Å²) in [5.41, 5.74) is 4.17. The van der Waals surface area contributed by atoms with Crippen LogP contribution in [-0.4, -0.2) is 46.0 Å². The molecule has 0 spiro atoms. The zero-order valence-corrected chi connectivity index (χ0v) is 34.3. The van der Waals surface area contributed by atoms with Gasteiger partial charge in [0.1, 0.15) is 23.7 Å². The molecule has 6 aliphatic carbocycles. The Hall–Kier alpha value is -2.95. The van der Waals surface area contributed by atoms with Crippen molar-refractivity contribution in [1.29, 1.82) is 5.26 Å². The van der Waals surface area contributed by atoms with Crippen molar-refractivity contribution in [3.8, 4) is 11.9 Å². The smallest absolute Gasteiger partial charge is 0.313 e. The zero-order chi connectivity index (χ0) is 38.9. The Labute approximate surface area is 325 Å². The third kappa shape index (κ3) is 5.86. The number of ether oxygens (including phenoxy) is 1. The quantitative estimate of drug-likeness (QED) is 0.205. The average Bonchev–Trinajstić information content (AvgIpc) is 3.54. The van der Waals surface area contributed by atoms with Crippen LogP contribution in [0.15, 0.2) is 53.8 Å². The topological polar surface area (TPSA) is 115 Å². The average molecular weight is 738 g/mol. The highest BCUT2D eigenvalue weighted by Crippen LogP contribution is 2.76. The number of aliphatic hydroxyl groups excluding tert-OH is 1. The number of allylic oxidation sites excluding steroid dienone is 5. The largest absolute Gasteiger partial charge is 0.481 e. The van der Waals surface area contributed by atoms with E-state index >= 15 is 0 Å². The van der Waals surface area contributed by atoms with Crippen LogP contribution in [0.1, 0.15) is 138 Å². The maximum atomic E-state index is 12.8. The molecule has 0 aliphatic heterocycles. The van der Waals surface area contributed by atoms with Crippen molar-refractivity contribution in [3.63, 3.8) is 0 Å². The molecule has 54 heavy (non-hydrogen) atoms. The molecule has 4 fully saturated rings. The predicted octanol–water partition coefficient (Wildman–Crippen LogP) is 9.82. The van der Waals surface area contributed by atoms with E-state index in [9.17, 15) is 20.3 Å². The minimum absolute atomic E-state index is 0.00713. The first-order chi connectivity index (χ1) is 25.5. The molecule has 0 unspecified atom stereocenters. The number of aliphatic carboxylic acids is 1. The minimum Gasteiger partial charge on any atom is -0.481 e. The predicted molar refractivity (Wildman–Crippen MR) is 213 cm³/mol. The molecule has 1 aromatic heterocycles. The van der Waals surface area contributed by atoms with E-state index in [2.05, 4.69) is 83.6 Å². The van der Waals surface area contributed by atoms with Crippen molar-refractivity contribution in [2.45, 2.75) is 144 Å². The van der Waals surface area contributed by atoms with Gasteiger partial charge in [0.2, 0.25) is 5.88 Å². The van der Waals surface area contributed by atoms with Crippen LogP contribution in [0.5, 0.6) is 5.88 Å². The minimum atomic E-state index is -1.05. The summed E-state index contributed by atoms with van der Waals surface area (Å²) in [6.07, 6.45) is 19.4. The van der Waals surface area contributed by atoms with Gasteiger partial charge in [-0.15, -0.1) is 0 Å². The lowest BCUT2D eigenvalue weighted by Gasteiger charge is -2.72. The Bertz CT molecular complexity index is 1760. The molecule has 0 saturated heterocycles. The van der Waals surface area contributed by atoms with E-state index in [0.717, 1.165) is 12.8 Å². The lowest BCUT2D eigenvalue weighted by atomic mass is 9.33. The second-order valence-corrected chi connectivity index (χ2v) is 20.1. The van der Waals surface area contributed by atoms with Gasteiger partial charge in [0.25, 0.3) is 0 Å². The fourth-order valence-corrected chi connectivity index (χ4v) is 14.4. The number of nitriles is 1. The van der Waals surface area contributed by atoms with Crippen LogP contribution in [0.2, 0.25) is 0 Å².